The summed E-state index contributed by atoms with van der Waals surface area (Å²) in [5.74, 6) is 0.507. The zero-order valence-corrected chi connectivity index (χ0v) is 16.3. The number of benzene rings is 1. The lowest BCUT2D eigenvalue weighted by Crippen LogP contribution is -2.43. The predicted molar refractivity (Wildman–Crippen MR) is 99.3 cm³/mol. The number of carbonyl (C=O) groups excluding carboxylic acids is 1. The number of hydrogen-bond donors (Lipinski definition) is 0. The second kappa shape index (κ2) is 6.74. The molecule has 1 aromatic rings. The molecule has 3 atom stereocenters. The van der Waals surface area contributed by atoms with Crippen LogP contribution < -0.4 is 0 Å². The van der Waals surface area contributed by atoms with Crippen molar-refractivity contribution in [3.63, 3.8) is 0 Å². The summed E-state index contributed by atoms with van der Waals surface area (Å²) in [7, 11) is -1.76. The fourth-order valence-corrected chi connectivity index (χ4v) is 4.05. The summed E-state index contributed by atoms with van der Waals surface area (Å²) in [5.41, 5.74) is 0.808. The van der Waals surface area contributed by atoms with Crippen LogP contribution >= 0.6 is 0 Å². The third-order valence-electron chi connectivity index (χ3n) is 5.44. The van der Waals surface area contributed by atoms with Crippen molar-refractivity contribution in [3.8, 4) is 0 Å². The van der Waals surface area contributed by atoms with E-state index in [0.717, 1.165) is 12.0 Å². The maximum Gasteiger partial charge on any atom is 0.192 e. The van der Waals surface area contributed by atoms with Gasteiger partial charge in [0.05, 0.1) is 6.10 Å². The Balaban J connectivity index is 1.98. The lowest BCUT2D eigenvalue weighted by atomic mass is 9.86. The van der Waals surface area contributed by atoms with Crippen LogP contribution in [-0.4, -0.2) is 20.2 Å². The van der Waals surface area contributed by atoms with E-state index < -0.39 is 8.32 Å². The summed E-state index contributed by atoms with van der Waals surface area (Å²) in [6.45, 7) is 13.4. The van der Waals surface area contributed by atoms with Crippen LogP contribution in [0.3, 0.4) is 0 Å². The highest BCUT2D eigenvalue weighted by atomic mass is 28.4. The summed E-state index contributed by atoms with van der Waals surface area (Å²) in [6.07, 6.45) is 5.43. The Bertz CT molecular complexity index is 569. The van der Waals surface area contributed by atoms with E-state index in [0.29, 0.717) is 0 Å². The van der Waals surface area contributed by atoms with E-state index in [1.54, 1.807) is 0 Å². The van der Waals surface area contributed by atoms with Crippen molar-refractivity contribution >= 4 is 14.1 Å². The van der Waals surface area contributed by atoms with Gasteiger partial charge in [-0.3, -0.25) is 4.79 Å². The van der Waals surface area contributed by atoms with Crippen LogP contribution in [0.15, 0.2) is 42.5 Å². The number of Topliss-reactive ketones (excluding diaryl/α,β-unsaturated/α-hetero) is 1. The zero-order valence-electron chi connectivity index (χ0n) is 15.3. The molecule has 23 heavy (non-hydrogen) atoms. The summed E-state index contributed by atoms with van der Waals surface area (Å²) >= 11 is 0. The van der Waals surface area contributed by atoms with Crippen LogP contribution in [0, 0.1) is 11.8 Å². The summed E-state index contributed by atoms with van der Waals surface area (Å²) in [4.78, 5) is 12.6. The molecule has 1 aliphatic rings. The van der Waals surface area contributed by atoms with Gasteiger partial charge < -0.3 is 4.43 Å². The standard InChI is InChI=1S/C20H30O2Si/c1-15(19(21)16-10-8-7-9-11-16)17-12-13-18(14-17)22-23(5,6)20(2,3)4/h7-13,15,17-18H,14H2,1-6H3/t15?,17-,18+/m0/s1. The van der Waals surface area contributed by atoms with Crippen LogP contribution in [0.1, 0.15) is 44.5 Å². The first-order valence-corrected chi connectivity index (χ1v) is 11.5. The average Bonchev–Trinajstić information content (AvgIpc) is 2.93. The first kappa shape index (κ1) is 18.1. The van der Waals surface area contributed by atoms with Crippen molar-refractivity contribution in [2.75, 3.05) is 0 Å². The number of rotatable bonds is 5. The molecule has 0 saturated heterocycles. The minimum atomic E-state index is -1.76. The van der Waals surface area contributed by atoms with Gasteiger partial charge in [0.15, 0.2) is 14.1 Å². The average molecular weight is 331 g/mol. The molecule has 0 saturated carbocycles. The van der Waals surface area contributed by atoms with Crippen molar-refractivity contribution in [2.24, 2.45) is 11.8 Å². The molecule has 3 heteroatoms. The Labute approximate surface area is 142 Å². The SMILES string of the molecule is CC(C(=O)c1ccccc1)[C@H]1C=C[C@@H](O[Si](C)(C)C(C)(C)C)C1. The van der Waals surface area contributed by atoms with Crippen LogP contribution in [-0.2, 0) is 4.43 Å². The first-order valence-electron chi connectivity index (χ1n) is 8.57. The topological polar surface area (TPSA) is 26.3 Å². The largest absolute Gasteiger partial charge is 0.411 e. The van der Waals surface area contributed by atoms with Gasteiger partial charge in [-0.05, 0) is 30.5 Å². The Morgan fingerprint density at radius 1 is 1.17 bits per heavy atom. The molecule has 0 radical (unpaired) electrons. The normalized spacial score (nSPS) is 23.0. The quantitative estimate of drug-likeness (QED) is 0.406. The van der Waals surface area contributed by atoms with Gasteiger partial charge in [-0.15, -0.1) is 0 Å². The minimum absolute atomic E-state index is 0.00154. The number of allylic oxidation sites excluding steroid dienone is 1. The van der Waals surface area contributed by atoms with Gasteiger partial charge in [0, 0.05) is 11.5 Å². The fraction of sp³-hybridized carbons (Fsp3) is 0.550. The van der Waals surface area contributed by atoms with Gasteiger partial charge in [0.2, 0.25) is 0 Å². The van der Waals surface area contributed by atoms with E-state index in [4.69, 9.17) is 4.43 Å². The molecular formula is C20H30O2Si. The highest BCUT2D eigenvalue weighted by Gasteiger charge is 2.40. The van der Waals surface area contributed by atoms with Gasteiger partial charge in [-0.1, -0.05) is 70.2 Å². The van der Waals surface area contributed by atoms with Crippen LogP contribution in [0.25, 0.3) is 0 Å². The number of carbonyl (C=O) groups is 1. The fourth-order valence-electron chi connectivity index (χ4n) is 2.77. The van der Waals surface area contributed by atoms with E-state index in [-0.39, 0.29) is 28.8 Å². The monoisotopic (exact) mass is 330 g/mol. The Morgan fingerprint density at radius 2 is 1.78 bits per heavy atom. The molecule has 2 rings (SSSR count). The van der Waals surface area contributed by atoms with E-state index in [9.17, 15) is 4.79 Å². The van der Waals surface area contributed by atoms with Gasteiger partial charge >= 0.3 is 0 Å². The molecule has 0 heterocycles. The summed E-state index contributed by atoms with van der Waals surface area (Å²) in [6, 6.07) is 9.60. The molecule has 2 nitrogen and oxygen atoms in total. The number of hydrogen-bond acceptors (Lipinski definition) is 2. The van der Waals surface area contributed by atoms with E-state index in [1.165, 1.54) is 0 Å². The molecule has 0 aromatic heterocycles. The van der Waals surface area contributed by atoms with Crippen LogP contribution in [0.2, 0.25) is 18.1 Å². The van der Waals surface area contributed by atoms with Crippen molar-refractivity contribution in [3.05, 3.63) is 48.0 Å². The molecule has 0 fully saturated rings. The highest BCUT2D eigenvalue weighted by molar-refractivity contribution is 6.74. The molecule has 0 bridgehead atoms. The summed E-state index contributed by atoms with van der Waals surface area (Å²) < 4.78 is 6.47. The van der Waals surface area contributed by atoms with Crippen LogP contribution in [0.4, 0.5) is 0 Å². The van der Waals surface area contributed by atoms with Gasteiger partial charge in [0.1, 0.15) is 0 Å². The molecule has 1 unspecified atom stereocenters. The van der Waals surface area contributed by atoms with Crippen molar-refractivity contribution in [1.82, 2.24) is 0 Å². The lowest BCUT2D eigenvalue weighted by Gasteiger charge is -2.38. The Kier molecular flexibility index (Phi) is 5.32. The van der Waals surface area contributed by atoms with Gasteiger partial charge in [-0.2, -0.15) is 0 Å². The third kappa shape index (κ3) is 4.21. The minimum Gasteiger partial charge on any atom is -0.411 e. The Morgan fingerprint density at radius 3 is 2.35 bits per heavy atom. The predicted octanol–water partition coefficient (Wildman–Crippen LogP) is 5.47. The molecule has 0 amide bonds. The van der Waals surface area contributed by atoms with Crippen LogP contribution in [0.5, 0.6) is 0 Å². The van der Waals surface area contributed by atoms with Gasteiger partial charge in [0.25, 0.3) is 0 Å². The molecule has 1 aromatic carbocycles. The van der Waals surface area contributed by atoms with Crippen molar-refractivity contribution < 1.29 is 9.22 Å². The number of ketones is 1. The smallest absolute Gasteiger partial charge is 0.192 e. The lowest BCUT2D eigenvalue weighted by molar-refractivity contribution is 0.0891. The second-order valence-electron chi connectivity index (χ2n) is 8.22. The third-order valence-corrected chi connectivity index (χ3v) is 9.95. The maximum atomic E-state index is 12.6. The summed E-state index contributed by atoms with van der Waals surface area (Å²) in [5, 5.41) is 0.213. The molecule has 1 aliphatic carbocycles. The molecular weight excluding hydrogens is 300 g/mol. The van der Waals surface area contributed by atoms with E-state index >= 15 is 0 Å². The first-order chi connectivity index (χ1) is 10.6. The van der Waals surface area contributed by atoms with Gasteiger partial charge in [-0.25, -0.2) is 0 Å². The molecule has 0 aliphatic heterocycles. The van der Waals surface area contributed by atoms with E-state index in [2.05, 4.69) is 46.0 Å². The molecule has 0 spiro atoms. The second-order valence-corrected chi connectivity index (χ2v) is 13.0. The maximum absolute atomic E-state index is 12.6. The van der Waals surface area contributed by atoms with Crippen molar-refractivity contribution in [2.45, 2.75) is 58.4 Å². The highest BCUT2D eigenvalue weighted by Crippen LogP contribution is 2.40. The zero-order chi connectivity index (χ0) is 17.3. The van der Waals surface area contributed by atoms with Crippen molar-refractivity contribution in [1.29, 1.82) is 0 Å². The Hall–Kier alpha value is -1.19. The van der Waals surface area contributed by atoms with E-state index in [1.807, 2.05) is 37.3 Å². The molecule has 126 valence electrons. The molecule has 0 N–H and O–H groups in total.